The minimum Gasteiger partial charge on any atom is -0.339 e. The molecule has 1 amide bonds. The number of nitrogens with zero attached hydrogens (tertiary/aromatic N) is 1. The lowest BCUT2D eigenvalue weighted by atomic mass is 10.1. The fraction of sp³-hybridized carbons (Fsp3) is 0.350. The summed E-state index contributed by atoms with van der Waals surface area (Å²) in [5, 5.41) is 0. The summed E-state index contributed by atoms with van der Waals surface area (Å²) in [7, 11) is 1.94. The van der Waals surface area contributed by atoms with E-state index in [4.69, 9.17) is 0 Å². The third kappa shape index (κ3) is 4.17. The molecular weight excluding hydrogens is 302 g/mol. The fourth-order valence-electron chi connectivity index (χ4n) is 3.09. The Hall–Kier alpha value is -1.74. The van der Waals surface area contributed by atoms with Gasteiger partial charge in [-0.15, -0.1) is 11.8 Å². The molecule has 1 fully saturated rings. The van der Waals surface area contributed by atoms with Gasteiger partial charge in [0.2, 0.25) is 0 Å². The SMILES string of the molecule is CN(C(=O)c1ccc(CSc2ccccc2)cc1)C1CCCC1. The zero-order chi connectivity index (χ0) is 16.1. The monoisotopic (exact) mass is 325 g/mol. The van der Waals surface area contributed by atoms with Gasteiger partial charge in [-0.05, 0) is 42.7 Å². The fourth-order valence-corrected chi connectivity index (χ4v) is 3.96. The van der Waals surface area contributed by atoms with Gasteiger partial charge in [0.05, 0.1) is 0 Å². The molecular formula is C20H23NOS. The molecule has 23 heavy (non-hydrogen) atoms. The van der Waals surface area contributed by atoms with Crippen LogP contribution in [0.4, 0.5) is 0 Å². The zero-order valence-corrected chi connectivity index (χ0v) is 14.4. The van der Waals surface area contributed by atoms with Crippen molar-refractivity contribution < 1.29 is 4.79 Å². The molecule has 0 N–H and O–H groups in total. The van der Waals surface area contributed by atoms with Crippen molar-refractivity contribution in [2.24, 2.45) is 0 Å². The normalized spacial score (nSPS) is 14.8. The third-order valence-electron chi connectivity index (χ3n) is 4.54. The Morgan fingerprint density at radius 2 is 1.70 bits per heavy atom. The van der Waals surface area contributed by atoms with Crippen LogP contribution in [-0.2, 0) is 5.75 Å². The Balaban J connectivity index is 1.59. The first-order valence-electron chi connectivity index (χ1n) is 8.28. The van der Waals surface area contributed by atoms with E-state index < -0.39 is 0 Å². The van der Waals surface area contributed by atoms with Crippen molar-refractivity contribution in [2.75, 3.05) is 7.05 Å². The van der Waals surface area contributed by atoms with E-state index in [1.807, 2.05) is 41.9 Å². The van der Waals surface area contributed by atoms with Crippen molar-refractivity contribution in [3.8, 4) is 0 Å². The van der Waals surface area contributed by atoms with Crippen molar-refractivity contribution in [2.45, 2.75) is 42.4 Å². The van der Waals surface area contributed by atoms with Crippen LogP contribution in [-0.4, -0.2) is 23.9 Å². The smallest absolute Gasteiger partial charge is 0.253 e. The summed E-state index contributed by atoms with van der Waals surface area (Å²) in [6, 6.07) is 18.9. The number of carbonyl (C=O) groups is 1. The predicted octanol–water partition coefficient (Wildman–Crippen LogP) is 4.99. The summed E-state index contributed by atoms with van der Waals surface area (Å²) in [5.74, 6) is 1.08. The Kier molecular flexibility index (Phi) is 5.39. The van der Waals surface area contributed by atoms with E-state index in [9.17, 15) is 4.79 Å². The molecule has 3 rings (SSSR count). The summed E-state index contributed by atoms with van der Waals surface area (Å²) in [6.07, 6.45) is 4.79. The minimum absolute atomic E-state index is 0.152. The third-order valence-corrected chi connectivity index (χ3v) is 5.63. The van der Waals surface area contributed by atoms with E-state index in [-0.39, 0.29) is 5.91 Å². The minimum atomic E-state index is 0.152. The van der Waals surface area contributed by atoms with Crippen molar-refractivity contribution in [3.05, 3.63) is 65.7 Å². The first-order valence-corrected chi connectivity index (χ1v) is 9.26. The van der Waals surface area contributed by atoms with Crippen LogP contribution in [0.2, 0.25) is 0 Å². The molecule has 0 heterocycles. The van der Waals surface area contributed by atoms with Gasteiger partial charge in [0.15, 0.2) is 0 Å². The standard InChI is InChI=1S/C20H23NOS/c1-21(18-7-5-6-8-18)20(22)17-13-11-16(12-14-17)15-23-19-9-3-2-4-10-19/h2-4,9-14,18H,5-8,15H2,1H3. The van der Waals surface area contributed by atoms with Gasteiger partial charge in [0.25, 0.3) is 5.91 Å². The molecule has 0 aliphatic heterocycles. The summed E-state index contributed by atoms with van der Waals surface area (Å²) in [6.45, 7) is 0. The molecule has 2 aromatic carbocycles. The average Bonchev–Trinajstić information content (AvgIpc) is 3.15. The van der Waals surface area contributed by atoms with Gasteiger partial charge in [-0.25, -0.2) is 0 Å². The largest absolute Gasteiger partial charge is 0.339 e. The van der Waals surface area contributed by atoms with Crippen LogP contribution >= 0.6 is 11.8 Å². The number of rotatable bonds is 5. The van der Waals surface area contributed by atoms with Crippen LogP contribution < -0.4 is 0 Å². The molecule has 1 aliphatic rings. The zero-order valence-electron chi connectivity index (χ0n) is 13.6. The Morgan fingerprint density at radius 3 is 2.35 bits per heavy atom. The highest BCUT2D eigenvalue weighted by Gasteiger charge is 2.23. The van der Waals surface area contributed by atoms with Crippen LogP contribution in [0, 0.1) is 0 Å². The average molecular weight is 325 g/mol. The van der Waals surface area contributed by atoms with Crippen molar-refractivity contribution in [1.29, 1.82) is 0 Å². The Labute approximate surface area is 142 Å². The number of hydrogen-bond acceptors (Lipinski definition) is 2. The van der Waals surface area contributed by atoms with E-state index in [1.165, 1.54) is 23.3 Å². The van der Waals surface area contributed by atoms with E-state index in [2.05, 4.69) is 36.4 Å². The lowest BCUT2D eigenvalue weighted by Crippen LogP contribution is -2.35. The van der Waals surface area contributed by atoms with E-state index in [0.717, 1.165) is 24.2 Å². The van der Waals surface area contributed by atoms with Crippen LogP contribution in [0.3, 0.4) is 0 Å². The van der Waals surface area contributed by atoms with Gasteiger partial charge in [-0.2, -0.15) is 0 Å². The molecule has 120 valence electrons. The van der Waals surface area contributed by atoms with Crippen LogP contribution in [0.15, 0.2) is 59.5 Å². The van der Waals surface area contributed by atoms with Gasteiger partial charge in [-0.1, -0.05) is 43.2 Å². The molecule has 0 radical (unpaired) electrons. The lowest BCUT2D eigenvalue weighted by Gasteiger charge is -2.24. The first kappa shape index (κ1) is 16.1. The molecule has 0 aromatic heterocycles. The number of amides is 1. The summed E-state index contributed by atoms with van der Waals surface area (Å²) < 4.78 is 0. The molecule has 1 saturated carbocycles. The number of thioether (sulfide) groups is 1. The second-order valence-electron chi connectivity index (χ2n) is 6.15. The quantitative estimate of drug-likeness (QED) is 0.722. The Morgan fingerprint density at radius 1 is 1.04 bits per heavy atom. The predicted molar refractivity (Wildman–Crippen MR) is 96.8 cm³/mol. The highest BCUT2D eigenvalue weighted by atomic mass is 32.2. The van der Waals surface area contributed by atoms with Gasteiger partial charge in [-0.3, -0.25) is 4.79 Å². The van der Waals surface area contributed by atoms with Crippen LogP contribution in [0.25, 0.3) is 0 Å². The van der Waals surface area contributed by atoms with Crippen LogP contribution in [0.5, 0.6) is 0 Å². The number of benzene rings is 2. The number of hydrogen-bond donors (Lipinski definition) is 0. The molecule has 1 aliphatic carbocycles. The topological polar surface area (TPSA) is 20.3 Å². The van der Waals surface area contributed by atoms with Gasteiger partial charge >= 0.3 is 0 Å². The van der Waals surface area contributed by atoms with Gasteiger partial charge < -0.3 is 4.90 Å². The summed E-state index contributed by atoms with van der Waals surface area (Å²) in [4.78, 5) is 15.7. The molecule has 0 unspecified atom stereocenters. The molecule has 2 aromatic rings. The van der Waals surface area contributed by atoms with Gasteiger partial charge in [0.1, 0.15) is 0 Å². The van der Waals surface area contributed by atoms with Gasteiger partial charge in [0, 0.05) is 29.3 Å². The maximum atomic E-state index is 12.5. The molecule has 0 bridgehead atoms. The molecule has 0 spiro atoms. The summed E-state index contributed by atoms with van der Waals surface area (Å²) >= 11 is 1.82. The molecule has 3 heteroatoms. The van der Waals surface area contributed by atoms with Crippen molar-refractivity contribution >= 4 is 17.7 Å². The Bertz CT molecular complexity index is 632. The maximum Gasteiger partial charge on any atom is 0.253 e. The van der Waals surface area contributed by atoms with Crippen LogP contribution in [0.1, 0.15) is 41.6 Å². The van der Waals surface area contributed by atoms with E-state index in [1.54, 1.807) is 0 Å². The van der Waals surface area contributed by atoms with Crippen molar-refractivity contribution in [1.82, 2.24) is 4.90 Å². The number of carbonyl (C=O) groups excluding carboxylic acids is 1. The highest BCUT2D eigenvalue weighted by molar-refractivity contribution is 7.98. The highest BCUT2D eigenvalue weighted by Crippen LogP contribution is 2.25. The first-order chi connectivity index (χ1) is 11.2. The summed E-state index contributed by atoms with van der Waals surface area (Å²) in [5.41, 5.74) is 2.05. The molecule has 0 atom stereocenters. The second kappa shape index (κ2) is 7.69. The molecule has 0 saturated heterocycles. The van der Waals surface area contributed by atoms with E-state index in [0.29, 0.717) is 6.04 Å². The second-order valence-corrected chi connectivity index (χ2v) is 7.20. The molecule has 2 nitrogen and oxygen atoms in total. The lowest BCUT2D eigenvalue weighted by molar-refractivity contribution is 0.0735. The van der Waals surface area contributed by atoms with E-state index >= 15 is 0 Å². The van der Waals surface area contributed by atoms with Crippen molar-refractivity contribution in [3.63, 3.8) is 0 Å². The maximum absolute atomic E-state index is 12.5.